The van der Waals surface area contributed by atoms with Crippen LogP contribution in [0.2, 0.25) is 0 Å². The number of benzene rings is 2. The van der Waals surface area contributed by atoms with Crippen molar-refractivity contribution in [3.05, 3.63) is 53.3 Å². The van der Waals surface area contributed by atoms with E-state index in [1.165, 1.54) is 25.2 Å². The molecule has 0 aliphatic carbocycles. The van der Waals surface area contributed by atoms with Crippen LogP contribution in [-0.4, -0.2) is 23.2 Å². The summed E-state index contributed by atoms with van der Waals surface area (Å²) in [6.45, 7) is 1.85. The minimum Gasteiger partial charge on any atom is -0.508 e. The van der Waals surface area contributed by atoms with E-state index in [1.54, 1.807) is 18.2 Å². The number of amides is 2. The van der Waals surface area contributed by atoms with Crippen LogP contribution in [0.4, 0.5) is 14.9 Å². The molecule has 0 aromatic heterocycles. The molecule has 2 rings (SSSR count). The summed E-state index contributed by atoms with van der Waals surface area (Å²) in [4.78, 5) is 11.7. The number of nitrogens with one attached hydrogen (secondary N) is 1. The molecule has 0 fully saturated rings. The van der Waals surface area contributed by atoms with Crippen molar-refractivity contribution >= 4 is 11.7 Å². The third kappa shape index (κ3) is 4.14. The fourth-order valence-electron chi connectivity index (χ4n) is 2.16. The number of rotatable bonds is 5. The quantitative estimate of drug-likeness (QED) is 0.446. The molecule has 0 saturated heterocycles. The second kappa shape index (κ2) is 7.65. The lowest BCUT2D eigenvalue weighted by atomic mass is 10.1. The van der Waals surface area contributed by atoms with E-state index in [4.69, 9.17) is 10.6 Å². The molecule has 0 spiro atoms. The number of aryl methyl sites for hydroxylation is 1. The van der Waals surface area contributed by atoms with Gasteiger partial charge in [0.25, 0.3) is 0 Å². The van der Waals surface area contributed by atoms with Crippen LogP contribution < -0.4 is 15.9 Å². The Morgan fingerprint density at radius 3 is 2.79 bits per heavy atom. The standard InChI is InChI=1S/C17H20FN3O3/c1-3-11-9-12(22)7-8-16(11)24-10-13-14(18)5-4-6-15(13)20-17(23)21(2)19/h4-9,22H,3,10,19H2,1-2H3,(H,20,23). The van der Waals surface area contributed by atoms with Crippen molar-refractivity contribution in [2.45, 2.75) is 20.0 Å². The number of anilines is 1. The molecule has 0 heterocycles. The van der Waals surface area contributed by atoms with E-state index in [2.05, 4.69) is 5.32 Å². The van der Waals surface area contributed by atoms with Crippen molar-refractivity contribution in [1.82, 2.24) is 5.01 Å². The van der Waals surface area contributed by atoms with Gasteiger partial charge in [-0.2, -0.15) is 0 Å². The van der Waals surface area contributed by atoms with E-state index >= 15 is 0 Å². The summed E-state index contributed by atoms with van der Waals surface area (Å²) in [7, 11) is 1.38. The Morgan fingerprint density at radius 2 is 2.12 bits per heavy atom. The average Bonchev–Trinajstić information content (AvgIpc) is 2.55. The molecule has 4 N–H and O–H groups in total. The molecule has 0 aliphatic heterocycles. The highest BCUT2D eigenvalue weighted by Crippen LogP contribution is 2.27. The number of hydrogen-bond donors (Lipinski definition) is 3. The van der Waals surface area contributed by atoms with Crippen LogP contribution in [0.25, 0.3) is 0 Å². The Labute approximate surface area is 139 Å². The molecule has 0 saturated carbocycles. The number of nitrogens with two attached hydrogens (primary N) is 1. The van der Waals surface area contributed by atoms with Gasteiger partial charge in [-0.1, -0.05) is 13.0 Å². The Bertz CT molecular complexity index is 735. The highest BCUT2D eigenvalue weighted by molar-refractivity contribution is 5.89. The minimum absolute atomic E-state index is 0.0751. The van der Waals surface area contributed by atoms with Crippen molar-refractivity contribution < 1.29 is 19.0 Å². The van der Waals surface area contributed by atoms with Gasteiger partial charge in [0.2, 0.25) is 0 Å². The third-order valence-corrected chi connectivity index (χ3v) is 3.48. The van der Waals surface area contributed by atoms with Gasteiger partial charge < -0.3 is 15.2 Å². The maximum absolute atomic E-state index is 14.1. The van der Waals surface area contributed by atoms with Crippen molar-refractivity contribution in [3.63, 3.8) is 0 Å². The normalized spacial score (nSPS) is 10.3. The fourth-order valence-corrected chi connectivity index (χ4v) is 2.16. The Morgan fingerprint density at radius 1 is 1.38 bits per heavy atom. The number of urea groups is 1. The number of hydrogen-bond acceptors (Lipinski definition) is 4. The monoisotopic (exact) mass is 333 g/mol. The summed E-state index contributed by atoms with van der Waals surface area (Å²) in [6, 6.07) is 8.51. The lowest BCUT2D eigenvalue weighted by Crippen LogP contribution is -2.37. The van der Waals surface area contributed by atoms with Gasteiger partial charge >= 0.3 is 6.03 Å². The van der Waals surface area contributed by atoms with E-state index < -0.39 is 11.8 Å². The number of ether oxygens (including phenoxy) is 1. The Balaban J connectivity index is 2.22. The minimum atomic E-state index is -0.569. The molecule has 0 aliphatic rings. The van der Waals surface area contributed by atoms with Gasteiger partial charge in [-0.05, 0) is 42.3 Å². The third-order valence-electron chi connectivity index (χ3n) is 3.48. The fraction of sp³-hybridized carbons (Fsp3) is 0.235. The molecule has 0 radical (unpaired) electrons. The number of carbonyl (C=O) groups is 1. The zero-order valence-electron chi connectivity index (χ0n) is 13.5. The predicted molar refractivity (Wildman–Crippen MR) is 89.2 cm³/mol. The van der Waals surface area contributed by atoms with Crippen LogP contribution in [0.15, 0.2) is 36.4 Å². The summed E-state index contributed by atoms with van der Waals surface area (Å²) in [5.74, 6) is 5.56. The van der Waals surface area contributed by atoms with Gasteiger partial charge in [0, 0.05) is 12.6 Å². The van der Waals surface area contributed by atoms with E-state index in [-0.39, 0.29) is 23.6 Å². The number of nitrogens with zero attached hydrogens (tertiary/aromatic N) is 1. The molecule has 0 bridgehead atoms. The lowest BCUT2D eigenvalue weighted by molar-refractivity contribution is 0.223. The molecule has 128 valence electrons. The average molecular weight is 333 g/mol. The number of hydrazine groups is 1. The zero-order valence-corrected chi connectivity index (χ0v) is 13.5. The summed E-state index contributed by atoms with van der Waals surface area (Å²) in [5, 5.41) is 12.9. The number of phenols is 1. The molecule has 6 nitrogen and oxygen atoms in total. The SMILES string of the molecule is CCc1cc(O)ccc1OCc1c(F)cccc1NC(=O)N(C)N. The summed E-state index contributed by atoms with van der Waals surface area (Å²) in [5.41, 5.74) is 1.30. The first-order chi connectivity index (χ1) is 11.4. The summed E-state index contributed by atoms with van der Waals surface area (Å²) in [6.07, 6.45) is 0.655. The summed E-state index contributed by atoms with van der Waals surface area (Å²) >= 11 is 0. The first-order valence-corrected chi connectivity index (χ1v) is 7.43. The topological polar surface area (TPSA) is 87.8 Å². The Kier molecular flexibility index (Phi) is 5.59. The number of halogens is 1. The van der Waals surface area contributed by atoms with E-state index in [0.29, 0.717) is 12.2 Å². The van der Waals surface area contributed by atoms with Crippen LogP contribution in [-0.2, 0) is 13.0 Å². The smallest absolute Gasteiger partial charge is 0.335 e. The van der Waals surface area contributed by atoms with Gasteiger partial charge in [-0.15, -0.1) is 0 Å². The van der Waals surface area contributed by atoms with Crippen molar-refractivity contribution in [2.24, 2.45) is 5.84 Å². The molecule has 24 heavy (non-hydrogen) atoms. The molecule has 2 aromatic rings. The highest BCUT2D eigenvalue weighted by atomic mass is 19.1. The second-order valence-corrected chi connectivity index (χ2v) is 5.24. The number of phenolic OH excluding ortho intramolecular Hbond substituents is 1. The van der Waals surface area contributed by atoms with Crippen molar-refractivity contribution in [2.75, 3.05) is 12.4 Å². The van der Waals surface area contributed by atoms with Crippen LogP contribution in [0.1, 0.15) is 18.1 Å². The first-order valence-electron chi connectivity index (χ1n) is 7.43. The van der Waals surface area contributed by atoms with E-state index in [1.807, 2.05) is 6.92 Å². The molecular formula is C17H20FN3O3. The van der Waals surface area contributed by atoms with Crippen LogP contribution in [0, 0.1) is 5.82 Å². The molecule has 7 heteroatoms. The van der Waals surface area contributed by atoms with Crippen molar-refractivity contribution in [1.29, 1.82) is 0 Å². The van der Waals surface area contributed by atoms with Gasteiger partial charge in [0.15, 0.2) is 0 Å². The number of carbonyl (C=O) groups excluding carboxylic acids is 1. The second-order valence-electron chi connectivity index (χ2n) is 5.24. The zero-order chi connectivity index (χ0) is 17.7. The lowest BCUT2D eigenvalue weighted by Gasteiger charge is -2.16. The predicted octanol–water partition coefficient (Wildman–Crippen LogP) is 3.01. The van der Waals surface area contributed by atoms with Gasteiger partial charge in [-0.3, -0.25) is 5.01 Å². The van der Waals surface area contributed by atoms with Crippen LogP contribution in [0.5, 0.6) is 11.5 Å². The molecular weight excluding hydrogens is 313 g/mol. The van der Waals surface area contributed by atoms with Crippen molar-refractivity contribution in [3.8, 4) is 11.5 Å². The molecule has 0 unspecified atom stereocenters. The molecule has 0 atom stereocenters. The maximum atomic E-state index is 14.1. The van der Waals surface area contributed by atoms with E-state index in [9.17, 15) is 14.3 Å². The van der Waals surface area contributed by atoms with E-state index in [0.717, 1.165) is 10.6 Å². The molecule has 2 aromatic carbocycles. The Hall–Kier alpha value is -2.80. The highest BCUT2D eigenvalue weighted by Gasteiger charge is 2.14. The maximum Gasteiger partial charge on any atom is 0.335 e. The largest absolute Gasteiger partial charge is 0.508 e. The van der Waals surface area contributed by atoms with Gasteiger partial charge in [-0.25, -0.2) is 15.0 Å². The van der Waals surface area contributed by atoms with Crippen LogP contribution in [0.3, 0.4) is 0 Å². The number of aromatic hydroxyl groups is 1. The van der Waals surface area contributed by atoms with Gasteiger partial charge in [0.1, 0.15) is 23.9 Å². The first kappa shape index (κ1) is 17.6. The molecule has 2 amide bonds. The van der Waals surface area contributed by atoms with Crippen LogP contribution >= 0.6 is 0 Å². The van der Waals surface area contributed by atoms with Gasteiger partial charge in [0.05, 0.1) is 5.69 Å². The summed E-state index contributed by atoms with van der Waals surface area (Å²) < 4.78 is 19.8.